The van der Waals surface area contributed by atoms with Gasteiger partial charge in [-0.3, -0.25) is 14.9 Å². The number of nitro groups is 1. The first-order chi connectivity index (χ1) is 11.5. The molecule has 0 bridgehead atoms. The van der Waals surface area contributed by atoms with E-state index in [9.17, 15) is 20.0 Å². The van der Waals surface area contributed by atoms with Gasteiger partial charge in [-0.05, 0) is 36.5 Å². The smallest absolute Gasteiger partial charge is 0.270 e. The van der Waals surface area contributed by atoms with Gasteiger partial charge in [-0.15, -0.1) is 0 Å². The molecule has 1 aliphatic rings. The number of nitro benzene ring substituents is 1. The molecule has 24 heavy (non-hydrogen) atoms. The van der Waals surface area contributed by atoms with E-state index < -0.39 is 4.92 Å². The van der Waals surface area contributed by atoms with E-state index in [2.05, 4.69) is 0 Å². The number of ketones is 1. The number of aromatic hydroxyl groups is 1. The Hall–Kier alpha value is -2.89. The highest BCUT2D eigenvalue weighted by Crippen LogP contribution is 2.43. The number of carbonyl (C=O) groups excluding carboxylic acids is 1. The quantitative estimate of drug-likeness (QED) is 0.556. The molecule has 6 heteroatoms. The van der Waals surface area contributed by atoms with E-state index in [1.165, 1.54) is 12.1 Å². The van der Waals surface area contributed by atoms with E-state index in [-0.39, 0.29) is 23.1 Å². The number of Topliss-reactive ketones (excluding diaryl/α,β-unsaturated/α-hetero) is 1. The second-order valence-corrected chi connectivity index (χ2v) is 6.23. The average molecular weight is 325 g/mol. The van der Waals surface area contributed by atoms with Crippen molar-refractivity contribution >= 4 is 33.4 Å². The lowest BCUT2D eigenvalue weighted by Crippen LogP contribution is -2.12. The third-order valence-electron chi connectivity index (χ3n) is 4.81. The number of phenolic OH excluding ortho intramolecular Hbond substituents is 1. The number of nitrogens with zero attached hydrogens (tertiary/aromatic N) is 1. The molecule has 0 unspecified atom stereocenters. The molecule has 1 N–H and O–H groups in total. The van der Waals surface area contributed by atoms with E-state index >= 15 is 0 Å². The fraction of sp³-hybridized carbons (Fsp3) is 0.278. The van der Waals surface area contributed by atoms with Gasteiger partial charge in [0.1, 0.15) is 11.4 Å². The summed E-state index contributed by atoms with van der Waals surface area (Å²) in [6.07, 6.45) is 2.59. The van der Waals surface area contributed by atoms with Crippen LogP contribution in [0.5, 0.6) is 5.75 Å². The molecule has 0 amide bonds. The van der Waals surface area contributed by atoms with Crippen molar-refractivity contribution in [2.24, 2.45) is 0 Å². The number of furan rings is 1. The Balaban J connectivity index is 1.97. The molecule has 0 aliphatic heterocycles. The fourth-order valence-corrected chi connectivity index (χ4v) is 3.58. The van der Waals surface area contributed by atoms with Gasteiger partial charge in [0.15, 0.2) is 11.3 Å². The second-order valence-electron chi connectivity index (χ2n) is 6.23. The molecule has 1 heterocycles. The van der Waals surface area contributed by atoms with Crippen LogP contribution in [0.2, 0.25) is 0 Å². The van der Waals surface area contributed by atoms with Crippen LogP contribution in [-0.4, -0.2) is 15.8 Å². The largest absolute Gasteiger partial charge is 0.504 e. The Bertz CT molecular complexity index is 978. The molecule has 0 atom stereocenters. The van der Waals surface area contributed by atoms with E-state index in [1.807, 2.05) is 6.07 Å². The molecule has 1 aliphatic carbocycles. The zero-order chi connectivity index (χ0) is 16.8. The van der Waals surface area contributed by atoms with Gasteiger partial charge in [0.05, 0.1) is 4.92 Å². The zero-order valence-electron chi connectivity index (χ0n) is 12.8. The Labute approximate surface area is 136 Å². The van der Waals surface area contributed by atoms with Crippen LogP contribution in [0.15, 0.2) is 34.7 Å². The minimum Gasteiger partial charge on any atom is -0.504 e. The number of hydrogen-bond acceptors (Lipinski definition) is 5. The van der Waals surface area contributed by atoms with Gasteiger partial charge in [0.2, 0.25) is 0 Å². The number of carbonyl (C=O) groups is 1. The van der Waals surface area contributed by atoms with Crippen LogP contribution in [0.1, 0.15) is 37.2 Å². The van der Waals surface area contributed by atoms with Crippen molar-refractivity contribution in [3.05, 3.63) is 46.0 Å². The Morgan fingerprint density at radius 2 is 1.92 bits per heavy atom. The minimum absolute atomic E-state index is 0.0134. The number of non-ortho nitro benzene ring substituents is 1. The topological polar surface area (TPSA) is 93.6 Å². The van der Waals surface area contributed by atoms with Crippen LogP contribution in [0.4, 0.5) is 5.69 Å². The van der Waals surface area contributed by atoms with E-state index in [0.29, 0.717) is 34.8 Å². The van der Waals surface area contributed by atoms with Gasteiger partial charge in [0.25, 0.3) is 5.69 Å². The highest BCUT2D eigenvalue weighted by atomic mass is 16.6. The monoisotopic (exact) mass is 325 g/mol. The lowest BCUT2D eigenvalue weighted by Gasteiger charge is -2.22. The van der Waals surface area contributed by atoms with Gasteiger partial charge in [-0.1, -0.05) is 6.07 Å². The predicted octanol–water partition coefficient (Wildman–Crippen LogP) is 4.43. The van der Waals surface area contributed by atoms with Crippen molar-refractivity contribution in [1.29, 1.82) is 0 Å². The Morgan fingerprint density at radius 1 is 1.17 bits per heavy atom. The van der Waals surface area contributed by atoms with Crippen molar-refractivity contribution in [2.75, 3.05) is 0 Å². The van der Waals surface area contributed by atoms with Crippen LogP contribution in [0, 0.1) is 10.1 Å². The van der Waals surface area contributed by atoms with E-state index in [1.54, 1.807) is 12.1 Å². The Morgan fingerprint density at radius 3 is 2.62 bits per heavy atom. The fourth-order valence-electron chi connectivity index (χ4n) is 3.58. The van der Waals surface area contributed by atoms with Crippen LogP contribution in [0.3, 0.4) is 0 Å². The lowest BCUT2D eigenvalue weighted by atomic mass is 9.82. The summed E-state index contributed by atoms with van der Waals surface area (Å²) < 4.78 is 5.73. The molecule has 1 aromatic heterocycles. The van der Waals surface area contributed by atoms with E-state index in [4.69, 9.17) is 4.42 Å². The number of phenols is 1. The first-order valence-corrected chi connectivity index (χ1v) is 7.89. The molecule has 0 spiro atoms. The van der Waals surface area contributed by atoms with Crippen LogP contribution < -0.4 is 0 Å². The third-order valence-corrected chi connectivity index (χ3v) is 4.81. The number of fused-ring (bicyclic) bond motifs is 3. The van der Waals surface area contributed by atoms with Gasteiger partial charge in [-0.2, -0.15) is 0 Å². The summed E-state index contributed by atoms with van der Waals surface area (Å²) in [5.41, 5.74) is 1.82. The van der Waals surface area contributed by atoms with Crippen LogP contribution in [-0.2, 0) is 4.79 Å². The maximum absolute atomic E-state index is 11.5. The molecule has 3 aromatic rings. The maximum atomic E-state index is 11.5. The maximum Gasteiger partial charge on any atom is 0.270 e. The van der Waals surface area contributed by atoms with Crippen molar-refractivity contribution in [3.63, 3.8) is 0 Å². The summed E-state index contributed by atoms with van der Waals surface area (Å²) in [6.45, 7) is 0. The summed E-state index contributed by atoms with van der Waals surface area (Å²) in [5.74, 6) is 0.472. The van der Waals surface area contributed by atoms with Crippen molar-refractivity contribution < 1.29 is 19.2 Å². The molecule has 2 aromatic carbocycles. The zero-order valence-corrected chi connectivity index (χ0v) is 12.8. The SMILES string of the molecule is O=C1CCC(c2ccc(O)c3oc4ccc([N+](=O)[O-])cc4c23)CC1. The van der Waals surface area contributed by atoms with Gasteiger partial charge >= 0.3 is 0 Å². The summed E-state index contributed by atoms with van der Waals surface area (Å²) >= 11 is 0. The predicted molar refractivity (Wildman–Crippen MR) is 88.3 cm³/mol. The minimum atomic E-state index is -0.444. The van der Waals surface area contributed by atoms with Crippen molar-refractivity contribution in [2.45, 2.75) is 31.6 Å². The molecular weight excluding hydrogens is 310 g/mol. The standard InChI is InChI=1S/C18H15NO5/c20-12-4-1-10(2-5-12)13-6-7-15(21)18-17(13)14-9-11(19(22)23)3-8-16(14)24-18/h3,6-10,21H,1-2,4-5H2. The molecule has 1 saturated carbocycles. The van der Waals surface area contributed by atoms with E-state index in [0.717, 1.165) is 18.4 Å². The highest BCUT2D eigenvalue weighted by Gasteiger charge is 2.25. The number of hydrogen-bond donors (Lipinski definition) is 1. The van der Waals surface area contributed by atoms with Crippen molar-refractivity contribution in [1.82, 2.24) is 0 Å². The molecule has 0 saturated heterocycles. The highest BCUT2D eigenvalue weighted by molar-refractivity contribution is 6.09. The number of benzene rings is 2. The first kappa shape index (κ1) is 14.7. The van der Waals surface area contributed by atoms with Crippen LogP contribution >= 0.6 is 0 Å². The van der Waals surface area contributed by atoms with Gasteiger partial charge in [0, 0.05) is 35.7 Å². The molecule has 6 nitrogen and oxygen atoms in total. The third kappa shape index (κ3) is 2.22. The summed E-state index contributed by atoms with van der Waals surface area (Å²) in [5, 5.41) is 22.6. The number of rotatable bonds is 2. The molecule has 0 radical (unpaired) electrons. The van der Waals surface area contributed by atoms with Crippen molar-refractivity contribution in [3.8, 4) is 5.75 Å². The normalized spacial score (nSPS) is 16.1. The average Bonchev–Trinajstić information content (AvgIpc) is 2.96. The molecule has 1 fully saturated rings. The summed E-state index contributed by atoms with van der Waals surface area (Å²) in [6, 6.07) is 7.86. The Kier molecular flexibility index (Phi) is 3.26. The summed E-state index contributed by atoms with van der Waals surface area (Å²) in [4.78, 5) is 22.1. The lowest BCUT2D eigenvalue weighted by molar-refractivity contribution is -0.384. The van der Waals surface area contributed by atoms with Gasteiger partial charge in [-0.25, -0.2) is 0 Å². The summed E-state index contributed by atoms with van der Waals surface area (Å²) in [7, 11) is 0. The van der Waals surface area contributed by atoms with Gasteiger partial charge < -0.3 is 9.52 Å². The molecule has 122 valence electrons. The van der Waals surface area contributed by atoms with Crippen LogP contribution in [0.25, 0.3) is 21.9 Å². The first-order valence-electron chi connectivity index (χ1n) is 7.89. The second kappa shape index (κ2) is 5.33. The molecule has 4 rings (SSSR count). The molecular formula is C18H15NO5.